The van der Waals surface area contributed by atoms with E-state index < -0.39 is 5.97 Å². The van der Waals surface area contributed by atoms with Crippen LogP contribution in [0.1, 0.15) is 38.5 Å². The van der Waals surface area contributed by atoms with Crippen LogP contribution in [0.5, 0.6) is 5.75 Å². The first-order valence-corrected chi connectivity index (χ1v) is 16.4. The molecule has 45 heavy (non-hydrogen) atoms. The van der Waals surface area contributed by atoms with Crippen LogP contribution >= 0.6 is 0 Å². The summed E-state index contributed by atoms with van der Waals surface area (Å²) >= 11 is 0. The monoisotopic (exact) mass is 611 g/mol. The Balaban J connectivity index is 0.851. The highest BCUT2D eigenvalue weighted by atomic mass is 16.4. The number of rotatable bonds is 5. The molecule has 2 saturated carbocycles. The summed E-state index contributed by atoms with van der Waals surface area (Å²) < 4.78 is 0. The zero-order chi connectivity index (χ0) is 30.5. The molecule has 2 aromatic heterocycles. The van der Waals surface area contributed by atoms with Gasteiger partial charge in [0.2, 0.25) is 5.95 Å². The van der Waals surface area contributed by atoms with Crippen molar-refractivity contribution in [3.05, 3.63) is 42.7 Å². The Hall–Kier alpha value is -4.19. The standard InChI is InChI=1S/C33H41N9O3/c43-29-4-2-1-3-26(29)27-15-28-30(38-37-27)34-20-25-21-41(13-14-42(25)28)32-35-18-24(19-36-32)40-11-9-39(10-12-40)23-16-33(17-23)7-5-22(6-8-33)31(44)45/h1-4,15,18-19,22-23,25,43H,5-14,16-17,20-21H2,(H,34,38)(H,44,45)/t22?,23?,25-,33?/m0/s1. The molecule has 1 aromatic carbocycles. The maximum absolute atomic E-state index is 11.3. The Morgan fingerprint density at radius 2 is 1.64 bits per heavy atom. The molecule has 2 saturated heterocycles. The molecule has 3 aliphatic heterocycles. The number of aliphatic carboxylic acids is 1. The Morgan fingerprint density at radius 3 is 2.38 bits per heavy atom. The van der Waals surface area contributed by atoms with Crippen LogP contribution in [-0.4, -0.2) is 106 Å². The quantitative estimate of drug-likeness (QED) is 0.391. The lowest BCUT2D eigenvalue weighted by molar-refractivity contribution is -0.145. The molecule has 12 heteroatoms. The van der Waals surface area contributed by atoms with Crippen molar-refractivity contribution in [3.63, 3.8) is 0 Å². The lowest BCUT2D eigenvalue weighted by Crippen LogP contribution is -2.58. The van der Waals surface area contributed by atoms with Gasteiger partial charge >= 0.3 is 5.97 Å². The molecule has 1 atom stereocenters. The summed E-state index contributed by atoms with van der Waals surface area (Å²) in [5, 5.41) is 31.9. The first kappa shape index (κ1) is 28.3. The normalized spacial score (nSPS) is 28.2. The van der Waals surface area contributed by atoms with Gasteiger partial charge in [-0.2, -0.15) is 0 Å². The number of hydrogen-bond acceptors (Lipinski definition) is 11. The second-order valence-corrected chi connectivity index (χ2v) is 13.6. The van der Waals surface area contributed by atoms with Crippen LogP contribution in [0.2, 0.25) is 0 Å². The van der Waals surface area contributed by atoms with Crippen molar-refractivity contribution in [2.24, 2.45) is 11.3 Å². The van der Waals surface area contributed by atoms with Crippen LogP contribution in [0.15, 0.2) is 42.7 Å². The van der Waals surface area contributed by atoms with Gasteiger partial charge in [0.1, 0.15) is 5.75 Å². The molecule has 3 aromatic rings. The van der Waals surface area contributed by atoms with E-state index in [4.69, 9.17) is 9.97 Å². The number of para-hydroxylation sites is 1. The molecule has 8 rings (SSSR count). The van der Waals surface area contributed by atoms with Gasteiger partial charge in [-0.3, -0.25) is 9.69 Å². The molecule has 0 amide bonds. The van der Waals surface area contributed by atoms with E-state index in [1.807, 2.05) is 30.6 Å². The average molecular weight is 612 g/mol. The summed E-state index contributed by atoms with van der Waals surface area (Å²) in [5.74, 6) is 1.01. The predicted molar refractivity (Wildman–Crippen MR) is 172 cm³/mol. The van der Waals surface area contributed by atoms with Gasteiger partial charge < -0.3 is 30.2 Å². The van der Waals surface area contributed by atoms with Gasteiger partial charge in [-0.15, -0.1) is 10.2 Å². The maximum Gasteiger partial charge on any atom is 0.306 e. The van der Waals surface area contributed by atoms with Crippen molar-refractivity contribution in [1.29, 1.82) is 0 Å². The number of piperazine rings is 2. The van der Waals surface area contributed by atoms with Crippen LogP contribution in [0.4, 0.5) is 23.1 Å². The highest BCUT2D eigenvalue weighted by molar-refractivity contribution is 5.76. The third kappa shape index (κ3) is 5.28. The minimum absolute atomic E-state index is 0.126. The first-order chi connectivity index (χ1) is 21.9. The van der Waals surface area contributed by atoms with Crippen molar-refractivity contribution in [3.8, 4) is 17.0 Å². The molecule has 0 bridgehead atoms. The molecule has 1 spiro atoms. The largest absolute Gasteiger partial charge is 0.507 e. The topological polar surface area (TPSA) is 134 Å². The van der Waals surface area contributed by atoms with Crippen molar-refractivity contribution in [2.75, 3.05) is 72.4 Å². The highest BCUT2D eigenvalue weighted by Gasteiger charge is 2.49. The molecule has 236 valence electrons. The fourth-order valence-corrected chi connectivity index (χ4v) is 8.36. The van der Waals surface area contributed by atoms with Gasteiger partial charge in [-0.25, -0.2) is 9.97 Å². The predicted octanol–water partition coefficient (Wildman–Crippen LogP) is 3.31. The molecular formula is C33H41N9O3. The van der Waals surface area contributed by atoms with E-state index >= 15 is 0 Å². The number of aromatic nitrogens is 4. The highest BCUT2D eigenvalue weighted by Crippen LogP contribution is 2.54. The third-order valence-electron chi connectivity index (χ3n) is 11.1. The summed E-state index contributed by atoms with van der Waals surface area (Å²) in [7, 11) is 0. The number of nitrogens with one attached hydrogen (secondary N) is 1. The van der Waals surface area contributed by atoms with Crippen LogP contribution in [0.3, 0.4) is 0 Å². The lowest BCUT2D eigenvalue weighted by atomic mass is 9.56. The van der Waals surface area contributed by atoms with Gasteiger partial charge in [0.25, 0.3) is 0 Å². The number of phenols is 1. The summed E-state index contributed by atoms with van der Waals surface area (Å²) in [6.07, 6.45) is 10.3. The number of phenolic OH excluding ortho intramolecular Hbond substituents is 1. The van der Waals surface area contributed by atoms with Crippen LogP contribution in [-0.2, 0) is 4.79 Å². The summed E-state index contributed by atoms with van der Waals surface area (Å²) in [6.45, 7) is 7.25. The van der Waals surface area contributed by atoms with Gasteiger partial charge in [-0.1, -0.05) is 12.1 Å². The number of aromatic hydroxyl groups is 1. The van der Waals surface area contributed by atoms with Crippen molar-refractivity contribution in [2.45, 2.75) is 50.6 Å². The zero-order valence-electron chi connectivity index (χ0n) is 25.6. The summed E-state index contributed by atoms with van der Waals surface area (Å²) in [4.78, 5) is 30.7. The Kier molecular flexibility index (Phi) is 7.11. The molecular weight excluding hydrogens is 570 g/mol. The number of carbonyl (C=O) groups is 1. The van der Waals surface area contributed by atoms with Gasteiger partial charge in [-0.05, 0) is 62.1 Å². The number of anilines is 4. The van der Waals surface area contributed by atoms with Crippen LogP contribution in [0.25, 0.3) is 11.3 Å². The van der Waals surface area contributed by atoms with Crippen LogP contribution in [0, 0.1) is 11.3 Å². The first-order valence-electron chi connectivity index (χ1n) is 16.4. The van der Waals surface area contributed by atoms with E-state index in [1.165, 1.54) is 12.8 Å². The molecule has 0 unspecified atom stereocenters. The number of hydrogen-bond donors (Lipinski definition) is 3. The smallest absolute Gasteiger partial charge is 0.306 e. The number of benzene rings is 1. The molecule has 5 aliphatic rings. The maximum atomic E-state index is 11.3. The number of fused-ring (bicyclic) bond motifs is 3. The Bertz CT molecular complexity index is 1550. The second kappa shape index (κ2) is 11.3. The fraction of sp³-hybridized carbons (Fsp3) is 0.545. The molecule has 5 heterocycles. The molecule has 3 N–H and O–H groups in total. The molecule has 2 aliphatic carbocycles. The van der Waals surface area contributed by atoms with Gasteiger partial charge in [0, 0.05) is 64.0 Å². The lowest BCUT2D eigenvalue weighted by Gasteiger charge is -2.55. The average Bonchev–Trinajstić information content (AvgIpc) is 3.07. The Labute approximate surface area is 263 Å². The number of carboxylic acids is 1. The fourth-order valence-electron chi connectivity index (χ4n) is 8.36. The van der Waals surface area contributed by atoms with E-state index in [0.717, 1.165) is 101 Å². The number of nitrogens with zero attached hydrogens (tertiary/aromatic N) is 8. The van der Waals surface area contributed by atoms with E-state index in [9.17, 15) is 15.0 Å². The minimum Gasteiger partial charge on any atom is -0.507 e. The second-order valence-electron chi connectivity index (χ2n) is 13.6. The van der Waals surface area contributed by atoms with E-state index in [0.29, 0.717) is 22.7 Å². The molecule has 4 fully saturated rings. The number of carboxylic acid groups (broad SMARTS) is 1. The third-order valence-corrected chi connectivity index (χ3v) is 11.1. The summed E-state index contributed by atoms with van der Waals surface area (Å²) in [6, 6.07) is 10.1. The van der Waals surface area contributed by atoms with E-state index in [-0.39, 0.29) is 17.7 Å². The van der Waals surface area contributed by atoms with Crippen molar-refractivity contribution >= 4 is 29.1 Å². The van der Waals surface area contributed by atoms with Crippen molar-refractivity contribution in [1.82, 2.24) is 25.1 Å². The minimum atomic E-state index is -0.610. The van der Waals surface area contributed by atoms with Crippen LogP contribution < -0.4 is 20.0 Å². The van der Waals surface area contributed by atoms with E-state index in [2.05, 4.69) is 35.1 Å². The van der Waals surface area contributed by atoms with Gasteiger partial charge in [0.15, 0.2) is 5.82 Å². The van der Waals surface area contributed by atoms with Gasteiger partial charge in [0.05, 0.1) is 41.4 Å². The SMILES string of the molecule is O=C(O)C1CCC2(CC1)CC(N1CCN(c3cnc(N4CCN5c6cc(-c7ccccc7O)nnc6NC[C@H]5C4)nc3)CC1)C2. The Morgan fingerprint density at radius 1 is 0.911 bits per heavy atom. The van der Waals surface area contributed by atoms with Crippen molar-refractivity contribution < 1.29 is 15.0 Å². The zero-order valence-corrected chi connectivity index (χ0v) is 25.6. The molecule has 12 nitrogen and oxygen atoms in total. The van der Waals surface area contributed by atoms with E-state index in [1.54, 1.807) is 12.1 Å². The molecule has 0 radical (unpaired) electrons. The summed E-state index contributed by atoms with van der Waals surface area (Å²) in [5.41, 5.74) is 3.84.